The summed E-state index contributed by atoms with van der Waals surface area (Å²) in [4.78, 5) is 24.5. The van der Waals surface area contributed by atoms with Crippen LogP contribution in [-0.2, 0) is 4.79 Å². The second-order valence-corrected chi connectivity index (χ2v) is 4.02. The molecule has 4 nitrogen and oxygen atoms in total. The fourth-order valence-electron chi connectivity index (χ4n) is 1.80. The molecule has 1 N–H and O–H groups in total. The summed E-state index contributed by atoms with van der Waals surface area (Å²) >= 11 is 0. The maximum absolute atomic E-state index is 13.5. The number of rotatable bonds is 1. The molecule has 2 amide bonds. The van der Waals surface area contributed by atoms with E-state index in [-0.39, 0.29) is 24.4 Å². The van der Waals surface area contributed by atoms with Crippen molar-refractivity contribution < 1.29 is 18.4 Å². The molecule has 0 unspecified atom stereocenters. The van der Waals surface area contributed by atoms with Crippen molar-refractivity contribution in [1.82, 2.24) is 10.2 Å². The zero-order valence-corrected chi connectivity index (χ0v) is 9.58. The second kappa shape index (κ2) is 5.12. The minimum absolute atomic E-state index is 0.134. The molecule has 0 spiro atoms. The van der Waals surface area contributed by atoms with Crippen LogP contribution in [0.4, 0.5) is 8.78 Å². The number of hydrogen-bond donors (Lipinski definition) is 1. The number of nitrogens with zero attached hydrogens (tertiary/aromatic N) is 1. The predicted octanol–water partition coefficient (Wildman–Crippen LogP) is 0.927. The monoisotopic (exact) mass is 254 g/mol. The average Bonchev–Trinajstić information content (AvgIpc) is 2.53. The maximum Gasteiger partial charge on any atom is 0.256 e. The fraction of sp³-hybridized carbons (Fsp3) is 0.333. The smallest absolute Gasteiger partial charge is 0.256 e. The molecule has 96 valence electrons. The highest BCUT2D eigenvalue weighted by Crippen LogP contribution is 2.13. The van der Waals surface area contributed by atoms with Gasteiger partial charge in [-0.1, -0.05) is 0 Å². The Bertz CT molecular complexity index is 491. The van der Waals surface area contributed by atoms with Gasteiger partial charge in [-0.25, -0.2) is 8.78 Å². The molecule has 1 fully saturated rings. The highest BCUT2D eigenvalue weighted by Gasteiger charge is 2.22. The molecule has 0 atom stereocenters. The molecule has 18 heavy (non-hydrogen) atoms. The summed E-state index contributed by atoms with van der Waals surface area (Å²) < 4.78 is 26.2. The normalized spacial score (nSPS) is 16.1. The van der Waals surface area contributed by atoms with E-state index in [1.54, 1.807) is 0 Å². The van der Waals surface area contributed by atoms with Gasteiger partial charge in [-0.3, -0.25) is 9.59 Å². The highest BCUT2D eigenvalue weighted by molar-refractivity contribution is 5.95. The Labute approximate surface area is 103 Å². The molecule has 1 heterocycles. The van der Waals surface area contributed by atoms with E-state index in [0.29, 0.717) is 19.2 Å². The van der Waals surface area contributed by atoms with Crippen LogP contribution in [0.1, 0.15) is 16.8 Å². The number of hydrogen-bond acceptors (Lipinski definition) is 2. The van der Waals surface area contributed by atoms with Gasteiger partial charge < -0.3 is 10.2 Å². The van der Waals surface area contributed by atoms with Crippen molar-refractivity contribution in [3.8, 4) is 0 Å². The van der Waals surface area contributed by atoms with Crippen LogP contribution in [0.5, 0.6) is 0 Å². The summed E-state index contributed by atoms with van der Waals surface area (Å²) in [6.45, 7) is 0.899. The standard InChI is InChI=1S/C12H12F2N2O2/c13-8-1-2-9(10(14)7-8)12(18)16-5-3-11(17)15-4-6-16/h1-2,7H,3-6H2,(H,15,17). The van der Waals surface area contributed by atoms with Crippen molar-refractivity contribution in [3.05, 3.63) is 35.4 Å². The lowest BCUT2D eigenvalue weighted by atomic mass is 10.1. The Morgan fingerprint density at radius 2 is 2.06 bits per heavy atom. The van der Waals surface area contributed by atoms with Crippen LogP contribution >= 0.6 is 0 Å². The molecule has 2 rings (SSSR count). The number of carbonyl (C=O) groups excluding carboxylic acids is 2. The molecule has 0 bridgehead atoms. The third kappa shape index (κ3) is 2.64. The molecule has 0 aliphatic carbocycles. The van der Waals surface area contributed by atoms with E-state index in [1.165, 1.54) is 4.90 Å². The van der Waals surface area contributed by atoms with Crippen LogP contribution in [0.2, 0.25) is 0 Å². The molecule has 1 aliphatic heterocycles. The van der Waals surface area contributed by atoms with Crippen molar-refractivity contribution in [3.63, 3.8) is 0 Å². The van der Waals surface area contributed by atoms with Crippen LogP contribution in [0.15, 0.2) is 18.2 Å². The zero-order chi connectivity index (χ0) is 13.1. The molecular weight excluding hydrogens is 242 g/mol. The Hall–Kier alpha value is -1.98. The topological polar surface area (TPSA) is 49.4 Å². The highest BCUT2D eigenvalue weighted by atomic mass is 19.1. The first-order valence-corrected chi connectivity index (χ1v) is 5.59. The molecule has 0 radical (unpaired) electrons. The minimum Gasteiger partial charge on any atom is -0.354 e. The van der Waals surface area contributed by atoms with Crippen molar-refractivity contribution in [2.75, 3.05) is 19.6 Å². The van der Waals surface area contributed by atoms with E-state index in [0.717, 1.165) is 12.1 Å². The van der Waals surface area contributed by atoms with Crippen molar-refractivity contribution in [2.45, 2.75) is 6.42 Å². The van der Waals surface area contributed by atoms with E-state index in [9.17, 15) is 18.4 Å². The van der Waals surface area contributed by atoms with Gasteiger partial charge in [0.25, 0.3) is 5.91 Å². The van der Waals surface area contributed by atoms with Gasteiger partial charge in [-0.05, 0) is 12.1 Å². The van der Waals surface area contributed by atoms with E-state index >= 15 is 0 Å². The first kappa shape index (κ1) is 12.5. The first-order valence-electron chi connectivity index (χ1n) is 5.59. The van der Waals surface area contributed by atoms with Crippen molar-refractivity contribution in [2.24, 2.45) is 0 Å². The summed E-state index contributed by atoms with van der Waals surface area (Å²) in [5, 5.41) is 2.62. The van der Waals surface area contributed by atoms with Crippen LogP contribution in [0, 0.1) is 11.6 Å². The van der Waals surface area contributed by atoms with Gasteiger partial charge in [0.15, 0.2) is 0 Å². The number of nitrogens with one attached hydrogen (secondary N) is 1. The third-order valence-corrected chi connectivity index (χ3v) is 2.76. The van der Waals surface area contributed by atoms with E-state index in [1.807, 2.05) is 0 Å². The Morgan fingerprint density at radius 1 is 1.28 bits per heavy atom. The number of benzene rings is 1. The van der Waals surface area contributed by atoms with Gasteiger partial charge in [0.1, 0.15) is 11.6 Å². The van der Waals surface area contributed by atoms with Gasteiger partial charge >= 0.3 is 0 Å². The van der Waals surface area contributed by atoms with Crippen molar-refractivity contribution >= 4 is 11.8 Å². The molecule has 1 aromatic carbocycles. The molecule has 6 heteroatoms. The summed E-state index contributed by atoms with van der Waals surface area (Å²) in [6, 6.07) is 2.83. The van der Waals surface area contributed by atoms with Gasteiger partial charge in [0.05, 0.1) is 5.56 Å². The Kier molecular flexibility index (Phi) is 3.55. The average molecular weight is 254 g/mol. The maximum atomic E-state index is 13.5. The van der Waals surface area contributed by atoms with Gasteiger partial charge in [-0.15, -0.1) is 0 Å². The minimum atomic E-state index is -0.886. The van der Waals surface area contributed by atoms with E-state index < -0.39 is 17.5 Å². The lowest BCUT2D eigenvalue weighted by Gasteiger charge is -2.19. The lowest BCUT2D eigenvalue weighted by molar-refractivity contribution is -0.120. The zero-order valence-electron chi connectivity index (χ0n) is 9.58. The van der Waals surface area contributed by atoms with Gasteiger partial charge in [-0.2, -0.15) is 0 Å². The van der Waals surface area contributed by atoms with Crippen LogP contribution in [0.3, 0.4) is 0 Å². The van der Waals surface area contributed by atoms with Crippen LogP contribution < -0.4 is 5.32 Å². The Morgan fingerprint density at radius 3 is 2.78 bits per heavy atom. The summed E-state index contributed by atoms with van der Waals surface area (Å²) in [5.41, 5.74) is -0.175. The second-order valence-electron chi connectivity index (χ2n) is 4.02. The van der Waals surface area contributed by atoms with Crippen molar-refractivity contribution in [1.29, 1.82) is 0 Å². The molecular formula is C12H12F2N2O2. The quantitative estimate of drug-likeness (QED) is 0.810. The predicted molar refractivity (Wildman–Crippen MR) is 59.9 cm³/mol. The third-order valence-electron chi connectivity index (χ3n) is 2.76. The molecule has 1 saturated heterocycles. The summed E-state index contributed by atoms with van der Waals surface area (Å²) in [7, 11) is 0. The number of carbonyl (C=O) groups is 2. The van der Waals surface area contributed by atoms with Gasteiger partial charge in [0.2, 0.25) is 5.91 Å². The molecule has 0 aromatic heterocycles. The van der Waals surface area contributed by atoms with E-state index in [4.69, 9.17) is 0 Å². The van der Waals surface area contributed by atoms with Crippen LogP contribution in [0.25, 0.3) is 0 Å². The summed E-state index contributed by atoms with van der Waals surface area (Å²) in [5.74, 6) is -2.27. The SMILES string of the molecule is O=C1CCN(C(=O)c2ccc(F)cc2F)CCN1. The Balaban J connectivity index is 2.17. The summed E-state index contributed by atoms with van der Waals surface area (Å²) in [6.07, 6.45) is 0.189. The van der Waals surface area contributed by atoms with Crippen LogP contribution in [-0.4, -0.2) is 36.3 Å². The van der Waals surface area contributed by atoms with E-state index in [2.05, 4.69) is 5.32 Å². The largest absolute Gasteiger partial charge is 0.354 e. The lowest BCUT2D eigenvalue weighted by Crippen LogP contribution is -2.34. The fourth-order valence-corrected chi connectivity index (χ4v) is 1.80. The number of halogens is 2. The number of amides is 2. The molecule has 1 aliphatic rings. The molecule has 1 aromatic rings. The van der Waals surface area contributed by atoms with Gasteiger partial charge in [0, 0.05) is 32.1 Å². The first-order chi connectivity index (χ1) is 8.58. The molecule has 0 saturated carbocycles.